The van der Waals surface area contributed by atoms with Gasteiger partial charge in [-0.3, -0.25) is 23.2 Å². The highest BCUT2D eigenvalue weighted by Crippen LogP contribution is 2.60. The van der Waals surface area contributed by atoms with E-state index in [1.54, 1.807) is 0 Å². The Balaban J connectivity index is 1.79. The first-order chi connectivity index (χ1) is 34.7. The third kappa shape index (κ3) is 32.1. The summed E-state index contributed by atoms with van der Waals surface area (Å²) in [5, 5.41) is 20.9. The minimum absolute atomic E-state index is 0.0340. The van der Waals surface area contributed by atoms with E-state index in [4.69, 9.17) is 29.0 Å². The Morgan fingerprint density at radius 3 is 1.68 bits per heavy atom. The van der Waals surface area contributed by atoms with Gasteiger partial charge in [0, 0.05) is 19.0 Å². The average molecular weight is 1060 g/mol. The van der Waals surface area contributed by atoms with Gasteiger partial charge in [-0.2, -0.15) is 9.29 Å². The third-order valence-electron chi connectivity index (χ3n) is 11.9. The fourth-order valence-electron chi connectivity index (χ4n) is 7.73. The van der Waals surface area contributed by atoms with Crippen molar-refractivity contribution in [2.24, 2.45) is 0 Å². The molecule has 1 aromatic rings. The van der Waals surface area contributed by atoms with E-state index in [0.29, 0.717) is 12.8 Å². The largest absolute Gasteiger partial charge is 0.481 e. The first kappa shape index (κ1) is 64.8. The number of ether oxygens (including phenoxy) is 3. The number of aliphatic hydroxyl groups excluding tert-OH is 2. The highest BCUT2D eigenvalue weighted by molar-refractivity contribution is 7.61. The standard InChI is InChI=1S/C52H89N3O15P2/c1-3-5-7-9-11-13-15-17-19-20-21-22-24-26-28-30-32-34-36-38-48(57)68-44(41-65-47(56)37-35-33-31-29-27-25-23-18-16-14-12-10-8-6-4-2)42-66-71(61,62)70-72(63,64)67-43-45-49(58)50(59)51(69-45)55-40-39-46(53)54-52(55)60/h11,13-14,16-17,19,21-22,39-40,44-45,49-51,58-59H,3-10,12,15,18,20,23-38,41-43H2,1-2H3,(H,61,62)(H,63,64)(H2,53,54,60)/b13-11-,16-14-,19-17-,22-21-/t44-,45-,49+,50?,51-/m1/s1. The van der Waals surface area contributed by atoms with Crippen LogP contribution in [0.3, 0.4) is 0 Å². The summed E-state index contributed by atoms with van der Waals surface area (Å²) in [6.45, 7) is 2.11. The number of nitrogens with two attached hydrogens (primary N) is 1. The van der Waals surface area contributed by atoms with Gasteiger partial charge < -0.3 is 39.9 Å². The van der Waals surface area contributed by atoms with Crippen molar-refractivity contribution in [1.29, 1.82) is 0 Å². The fraction of sp³-hybridized carbons (Fsp3) is 0.731. The van der Waals surface area contributed by atoms with Crippen LogP contribution in [0.25, 0.3) is 0 Å². The number of phosphoric ester groups is 2. The van der Waals surface area contributed by atoms with Crippen molar-refractivity contribution in [3.05, 3.63) is 71.4 Å². The number of phosphoric acid groups is 2. The van der Waals surface area contributed by atoms with Gasteiger partial charge in [0.05, 0.1) is 13.2 Å². The van der Waals surface area contributed by atoms with Gasteiger partial charge in [0.25, 0.3) is 0 Å². The van der Waals surface area contributed by atoms with Crippen LogP contribution in [0.1, 0.15) is 200 Å². The summed E-state index contributed by atoms with van der Waals surface area (Å²) in [4.78, 5) is 62.0. The van der Waals surface area contributed by atoms with Crippen LogP contribution in [0.4, 0.5) is 5.82 Å². The molecule has 412 valence electrons. The lowest BCUT2D eigenvalue weighted by atomic mass is 10.1. The molecule has 20 heteroatoms. The molecule has 0 saturated carbocycles. The third-order valence-corrected chi connectivity index (χ3v) is 14.5. The van der Waals surface area contributed by atoms with E-state index < -0.39 is 83.7 Å². The zero-order valence-electron chi connectivity index (χ0n) is 43.2. The molecular formula is C52H89N3O15P2. The maximum absolute atomic E-state index is 12.9. The number of nitrogen functional groups attached to an aromatic ring is 1. The van der Waals surface area contributed by atoms with E-state index >= 15 is 0 Å². The highest BCUT2D eigenvalue weighted by Gasteiger charge is 2.46. The van der Waals surface area contributed by atoms with Crippen molar-refractivity contribution in [2.45, 2.75) is 224 Å². The molecule has 7 atom stereocenters. The monoisotopic (exact) mass is 1060 g/mol. The van der Waals surface area contributed by atoms with Crippen molar-refractivity contribution in [3.63, 3.8) is 0 Å². The van der Waals surface area contributed by atoms with Gasteiger partial charge in [0.15, 0.2) is 12.3 Å². The van der Waals surface area contributed by atoms with Crippen molar-refractivity contribution in [2.75, 3.05) is 25.6 Å². The second kappa shape index (κ2) is 40.1. The van der Waals surface area contributed by atoms with Gasteiger partial charge in [-0.25, -0.2) is 13.9 Å². The summed E-state index contributed by atoms with van der Waals surface area (Å²) >= 11 is 0. The first-order valence-corrected chi connectivity index (χ1v) is 29.6. The second-order valence-corrected chi connectivity index (χ2v) is 21.4. The second-order valence-electron chi connectivity index (χ2n) is 18.4. The molecule has 0 bridgehead atoms. The van der Waals surface area contributed by atoms with Gasteiger partial charge in [-0.15, -0.1) is 0 Å². The van der Waals surface area contributed by atoms with Crippen LogP contribution in [0.2, 0.25) is 0 Å². The number of carbonyl (C=O) groups excluding carboxylic acids is 2. The van der Waals surface area contributed by atoms with E-state index in [0.717, 1.165) is 120 Å². The maximum atomic E-state index is 12.9. The van der Waals surface area contributed by atoms with E-state index in [1.807, 2.05) is 0 Å². The molecular weight excluding hydrogens is 969 g/mol. The Morgan fingerprint density at radius 1 is 0.667 bits per heavy atom. The number of nitrogens with zero attached hydrogens (tertiary/aromatic N) is 2. The quantitative estimate of drug-likeness (QED) is 0.0176. The molecule has 6 N–H and O–H groups in total. The zero-order chi connectivity index (χ0) is 52.7. The molecule has 1 aliphatic heterocycles. The maximum Gasteiger partial charge on any atom is 0.481 e. The Hall–Kier alpha value is -3.28. The molecule has 3 unspecified atom stereocenters. The minimum Gasteiger partial charge on any atom is -0.462 e. The summed E-state index contributed by atoms with van der Waals surface area (Å²) in [7, 11) is -10.9. The number of unbranched alkanes of at least 4 members (excludes halogenated alkanes) is 20. The Kier molecular flexibility index (Phi) is 36.1. The van der Waals surface area contributed by atoms with E-state index in [1.165, 1.54) is 51.0 Å². The lowest BCUT2D eigenvalue weighted by Crippen LogP contribution is -2.36. The van der Waals surface area contributed by atoms with Crippen molar-refractivity contribution in [1.82, 2.24) is 9.55 Å². The number of anilines is 1. The van der Waals surface area contributed by atoms with Crippen molar-refractivity contribution >= 4 is 33.4 Å². The number of hydrogen-bond donors (Lipinski definition) is 5. The van der Waals surface area contributed by atoms with E-state index in [2.05, 4.69) is 71.8 Å². The van der Waals surface area contributed by atoms with Gasteiger partial charge in [-0.05, 0) is 83.1 Å². The fourth-order valence-corrected chi connectivity index (χ4v) is 9.84. The molecule has 0 spiro atoms. The molecule has 18 nitrogen and oxygen atoms in total. The van der Waals surface area contributed by atoms with Gasteiger partial charge in [-0.1, -0.05) is 152 Å². The summed E-state index contributed by atoms with van der Waals surface area (Å²) in [6.07, 6.45) is 38.9. The molecule has 2 rings (SSSR count). The molecule has 0 aromatic carbocycles. The first-order valence-electron chi connectivity index (χ1n) is 26.6. The molecule has 0 aliphatic carbocycles. The lowest BCUT2D eigenvalue weighted by Gasteiger charge is -2.21. The summed E-state index contributed by atoms with van der Waals surface area (Å²) in [5.74, 6) is -1.31. The molecule has 1 aliphatic rings. The van der Waals surface area contributed by atoms with Crippen molar-refractivity contribution in [3.8, 4) is 0 Å². The highest BCUT2D eigenvalue weighted by atomic mass is 31.3. The van der Waals surface area contributed by atoms with Crippen LogP contribution >= 0.6 is 15.6 Å². The summed E-state index contributed by atoms with van der Waals surface area (Å²) in [5.41, 5.74) is 4.59. The van der Waals surface area contributed by atoms with Gasteiger partial charge in [0.1, 0.15) is 30.7 Å². The minimum atomic E-state index is -5.43. The molecule has 72 heavy (non-hydrogen) atoms. The molecule has 0 radical (unpaired) electrons. The number of aromatic nitrogens is 2. The van der Waals surface area contributed by atoms with Crippen LogP contribution in [0, 0.1) is 0 Å². The van der Waals surface area contributed by atoms with Gasteiger partial charge >= 0.3 is 33.3 Å². The van der Waals surface area contributed by atoms with Crippen molar-refractivity contribution < 1.29 is 66.3 Å². The van der Waals surface area contributed by atoms with E-state index in [-0.39, 0.29) is 18.7 Å². The Labute approximate surface area is 429 Å². The predicted molar refractivity (Wildman–Crippen MR) is 279 cm³/mol. The SMILES string of the molecule is CCCCC/C=C\C/C=C\C/C=C\CCCCCCCCC(=O)O[C@H](COC(=O)CCCCCCCCC/C=C\CCCCCC)COP(=O)(O)OP(=O)(O)OC[C@H]1O[C@@H](n2ccc(N)nc2=O)C(O)[C@H]1O. The number of hydrogen-bond acceptors (Lipinski definition) is 15. The summed E-state index contributed by atoms with van der Waals surface area (Å²) in [6, 6.07) is 1.25. The predicted octanol–water partition coefficient (Wildman–Crippen LogP) is 11.3. The number of rotatable bonds is 44. The normalized spacial score (nSPS) is 19.4. The van der Waals surface area contributed by atoms with Gasteiger partial charge in [0.2, 0.25) is 0 Å². The smallest absolute Gasteiger partial charge is 0.462 e. The van der Waals surface area contributed by atoms with Crippen LogP contribution in [-0.4, -0.2) is 85.7 Å². The van der Waals surface area contributed by atoms with Crippen LogP contribution in [0.15, 0.2) is 65.7 Å². The molecule has 1 aromatic heterocycles. The van der Waals surface area contributed by atoms with E-state index in [9.17, 15) is 43.5 Å². The Morgan fingerprint density at radius 2 is 1.12 bits per heavy atom. The number of aliphatic hydroxyl groups is 2. The molecule has 0 amide bonds. The number of esters is 2. The Bertz CT molecular complexity index is 1890. The molecule has 1 fully saturated rings. The topological polar surface area (TPSA) is 265 Å². The van der Waals surface area contributed by atoms with Crippen LogP contribution < -0.4 is 11.4 Å². The number of allylic oxidation sites excluding steroid dienone is 8. The zero-order valence-corrected chi connectivity index (χ0v) is 45.0. The molecule has 2 heterocycles. The van der Waals surface area contributed by atoms with Crippen LogP contribution in [-0.2, 0) is 46.3 Å². The number of carbonyl (C=O) groups is 2. The molecule has 1 saturated heterocycles. The van der Waals surface area contributed by atoms with Crippen LogP contribution in [0.5, 0.6) is 0 Å². The summed E-state index contributed by atoms with van der Waals surface area (Å²) < 4.78 is 56.9. The lowest BCUT2D eigenvalue weighted by molar-refractivity contribution is -0.161. The average Bonchev–Trinajstić information content (AvgIpc) is 3.62.